The first kappa shape index (κ1) is 21.1. The fourth-order valence-corrected chi connectivity index (χ4v) is 3.23. The largest absolute Gasteiger partial charge is 0.299 e. The number of ketones is 2. The molecule has 0 aromatic heterocycles. The minimum atomic E-state index is -0.0947. The standard InChI is InChI=1S/C25H32O2/c1-3-5-6-7-8-9-10-20-11-13-21(14-12-20)22-15-17-23(18-16-22)25(27)19-24(26)4-2/h11-18H,3-10,19H2,1-2H3. The molecule has 0 radical (unpaired) electrons. The zero-order valence-electron chi connectivity index (χ0n) is 16.8. The third-order valence-corrected chi connectivity index (χ3v) is 5.07. The van der Waals surface area contributed by atoms with Gasteiger partial charge in [-0.2, -0.15) is 0 Å². The van der Waals surface area contributed by atoms with Gasteiger partial charge in [0.25, 0.3) is 0 Å². The number of rotatable bonds is 12. The third-order valence-electron chi connectivity index (χ3n) is 5.07. The summed E-state index contributed by atoms with van der Waals surface area (Å²) in [4.78, 5) is 23.5. The fourth-order valence-electron chi connectivity index (χ4n) is 3.23. The van der Waals surface area contributed by atoms with Crippen LogP contribution in [0.1, 0.15) is 81.1 Å². The molecule has 2 aromatic carbocycles. The lowest BCUT2D eigenvalue weighted by Gasteiger charge is -2.06. The zero-order chi connectivity index (χ0) is 19.5. The Morgan fingerprint density at radius 2 is 1.26 bits per heavy atom. The molecule has 0 aliphatic rings. The molecule has 0 unspecified atom stereocenters. The topological polar surface area (TPSA) is 34.1 Å². The molecule has 2 heteroatoms. The first-order valence-corrected chi connectivity index (χ1v) is 10.4. The summed E-state index contributed by atoms with van der Waals surface area (Å²) in [5, 5.41) is 0. The van der Waals surface area contributed by atoms with E-state index in [1.807, 2.05) is 24.3 Å². The van der Waals surface area contributed by atoms with Gasteiger partial charge in [-0.05, 0) is 29.5 Å². The molecule has 0 aliphatic carbocycles. The zero-order valence-corrected chi connectivity index (χ0v) is 16.8. The summed E-state index contributed by atoms with van der Waals surface area (Å²) in [6.45, 7) is 4.04. The minimum Gasteiger partial charge on any atom is -0.299 e. The van der Waals surface area contributed by atoms with E-state index in [2.05, 4.69) is 31.2 Å². The van der Waals surface area contributed by atoms with Crippen molar-refractivity contribution < 1.29 is 9.59 Å². The molecule has 2 nitrogen and oxygen atoms in total. The van der Waals surface area contributed by atoms with Crippen LogP contribution in [0.4, 0.5) is 0 Å². The van der Waals surface area contributed by atoms with Crippen molar-refractivity contribution in [3.63, 3.8) is 0 Å². The van der Waals surface area contributed by atoms with E-state index < -0.39 is 0 Å². The van der Waals surface area contributed by atoms with Crippen LogP contribution >= 0.6 is 0 Å². The molecule has 144 valence electrons. The smallest absolute Gasteiger partial charge is 0.170 e. The highest BCUT2D eigenvalue weighted by Gasteiger charge is 2.10. The van der Waals surface area contributed by atoms with Crippen LogP contribution in [0, 0.1) is 0 Å². The maximum atomic E-state index is 12.1. The van der Waals surface area contributed by atoms with Gasteiger partial charge in [0.05, 0.1) is 6.42 Å². The number of benzene rings is 2. The Hall–Kier alpha value is -2.22. The maximum Gasteiger partial charge on any atom is 0.170 e. The molecule has 0 spiro atoms. The predicted molar refractivity (Wildman–Crippen MR) is 113 cm³/mol. The Kier molecular flexibility index (Phi) is 8.97. The summed E-state index contributed by atoms with van der Waals surface area (Å²) in [6.07, 6.45) is 9.50. The van der Waals surface area contributed by atoms with Crippen molar-refractivity contribution >= 4 is 11.6 Å². The van der Waals surface area contributed by atoms with Gasteiger partial charge in [0, 0.05) is 12.0 Å². The highest BCUT2D eigenvalue weighted by Crippen LogP contribution is 2.22. The highest BCUT2D eigenvalue weighted by molar-refractivity contribution is 6.08. The highest BCUT2D eigenvalue weighted by atomic mass is 16.1. The monoisotopic (exact) mass is 364 g/mol. The number of carbonyl (C=O) groups excluding carboxylic acids is 2. The van der Waals surface area contributed by atoms with Gasteiger partial charge in [0.2, 0.25) is 0 Å². The van der Waals surface area contributed by atoms with E-state index in [4.69, 9.17) is 0 Å². The minimum absolute atomic E-state index is 0.00296. The van der Waals surface area contributed by atoms with Crippen molar-refractivity contribution in [2.24, 2.45) is 0 Å². The Bertz CT molecular complexity index is 711. The molecule has 0 amide bonds. The van der Waals surface area contributed by atoms with Crippen molar-refractivity contribution in [1.29, 1.82) is 0 Å². The van der Waals surface area contributed by atoms with Gasteiger partial charge in [-0.15, -0.1) is 0 Å². The molecular formula is C25H32O2. The Labute approximate surface area is 164 Å². The third kappa shape index (κ3) is 7.13. The molecule has 2 aromatic rings. The van der Waals surface area contributed by atoms with Gasteiger partial charge in [-0.1, -0.05) is 94.5 Å². The van der Waals surface area contributed by atoms with Crippen molar-refractivity contribution in [1.82, 2.24) is 0 Å². The van der Waals surface area contributed by atoms with E-state index in [1.165, 1.54) is 44.1 Å². The molecule has 0 saturated carbocycles. The van der Waals surface area contributed by atoms with Gasteiger partial charge < -0.3 is 0 Å². The van der Waals surface area contributed by atoms with E-state index in [-0.39, 0.29) is 18.0 Å². The molecule has 0 aliphatic heterocycles. The van der Waals surface area contributed by atoms with Crippen molar-refractivity contribution in [3.8, 4) is 11.1 Å². The Morgan fingerprint density at radius 1 is 0.704 bits per heavy atom. The second kappa shape index (κ2) is 11.5. The molecule has 0 bridgehead atoms. The van der Waals surface area contributed by atoms with Crippen LogP contribution in [-0.2, 0) is 11.2 Å². The van der Waals surface area contributed by atoms with E-state index in [0.29, 0.717) is 12.0 Å². The van der Waals surface area contributed by atoms with Crippen LogP contribution in [0.15, 0.2) is 48.5 Å². The average Bonchev–Trinajstić information content (AvgIpc) is 2.71. The van der Waals surface area contributed by atoms with Crippen LogP contribution in [-0.4, -0.2) is 11.6 Å². The lowest BCUT2D eigenvalue weighted by Crippen LogP contribution is -2.06. The van der Waals surface area contributed by atoms with Crippen LogP contribution in [0.25, 0.3) is 11.1 Å². The molecule has 0 fully saturated rings. The number of aryl methyl sites for hydroxylation is 1. The lowest BCUT2D eigenvalue weighted by atomic mass is 9.98. The Morgan fingerprint density at radius 3 is 1.85 bits per heavy atom. The van der Waals surface area contributed by atoms with Gasteiger partial charge in [-0.3, -0.25) is 9.59 Å². The van der Waals surface area contributed by atoms with Gasteiger partial charge in [-0.25, -0.2) is 0 Å². The van der Waals surface area contributed by atoms with Crippen LogP contribution < -0.4 is 0 Å². The SMILES string of the molecule is CCCCCCCCc1ccc(-c2ccc(C(=O)CC(=O)CC)cc2)cc1. The van der Waals surface area contributed by atoms with E-state index in [1.54, 1.807) is 6.92 Å². The van der Waals surface area contributed by atoms with Gasteiger partial charge >= 0.3 is 0 Å². The van der Waals surface area contributed by atoms with Crippen LogP contribution in [0.5, 0.6) is 0 Å². The number of hydrogen-bond donors (Lipinski definition) is 0. The number of Topliss-reactive ketones (excluding diaryl/α,β-unsaturated/α-hetero) is 2. The molecule has 0 N–H and O–H groups in total. The summed E-state index contributed by atoms with van der Waals surface area (Å²) in [7, 11) is 0. The average molecular weight is 365 g/mol. The summed E-state index contributed by atoms with van der Waals surface area (Å²) < 4.78 is 0. The van der Waals surface area contributed by atoms with Crippen molar-refractivity contribution in [3.05, 3.63) is 59.7 Å². The quantitative estimate of drug-likeness (QED) is 0.235. The maximum absolute atomic E-state index is 12.1. The summed E-state index contributed by atoms with van der Waals surface area (Å²) in [6, 6.07) is 16.3. The van der Waals surface area contributed by atoms with E-state index in [0.717, 1.165) is 17.5 Å². The predicted octanol–water partition coefficient (Wildman–Crippen LogP) is 6.81. The fraction of sp³-hybridized carbons (Fsp3) is 0.440. The van der Waals surface area contributed by atoms with Crippen molar-refractivity contribution in [2.45, 2.75) is 71.6 Å². The van der Waals surface area contributed by atoms with Gasteiger partial charge in [0.1, 0.15) is 5.78 Å². The molecule has 0 saturated heterocycles. The van der Waals surface area contributed by atoms with E-state index in [9.17, 15) is 9.59 Å². The molecule has 0 heterocycles. The second-order valence-electron chi connectivity index (χ2n) is 7.28. The lowest BCUT2D eigenvalue weighted by molar-refractivity contribution is -0.117. The normalized spacial score (nSPS) is 10.7. The second-order valence-corrected chi connectivity index (χ2v) is 7.28. The molecule has 0 atom stereocenters. The number of unbranched alkanes of at least 4 members (excludes halogenated alkanes) is 5. The molecule has 27 heavy (non-hydrogen) atoms. The molecular weight excluding hydrogens is 332 g/mol. The number of hydrogen-bond acceptors (Lipinski definition) is 2. The summed E-state index contributed by atoms with van der Waals surface area (Å²) in [5.41, 5.74) is 4.25. The van der Waals surface area contributed by atoms with Crippen molar-refractivity contribution in [2.75, 3.05) is 0 Å². The summed E-state index contributed by atoms with van der Waals surface area (Å²) >= 11 is 0. The van der Waals surface area contributed by atoms with Gasteiger partial charge in [0.15, 0.2) is 5.78 Å². The van der Waals surface area contributed by atoms with E-state index >= 15 is 0 Å². The summed E-state index contributed by atoms with van der Waals surface area (Å²) in [5.74, 6) is -0.104. The Balaban J connectivity index is 1.87. The molecule has 2 rings (SSSR count). The number of carbonyl (C=O) groups is 2. The first-order valence-electron chi connectivity index (χ1n) is 10.4. The van der Waals surface area contributed by atoms with Crippen LogP contribution in [0.3, 0.4) is 0 Å². The first-order chi connectivity index (χ1) is 13.1. The van der Waals surface area contributed by atoms with Crippen LogP contribution in [0.2, 0.25) is 0 Å².